The number of alkyl halides is 3. The van der Waals surface area contributed by atoms with Crippen molar-refractivity contribution in [3.8, 4) is 11.4 Å². The maximum absolute atomic E-state index is 13.1. The topological polar surface area (TPSA) is 77.2 Å². The number of aryl methyl sites for hydroxylation is 1. The van der Waals surface area contributed by atoms with Crippen molar-refractivity contribution in [1.29, 1.82) is 0 Å². The van der Waals surface area contributed by atoms with Gasteiger partial charge in [0.1, 0.15) is 22.5 Å². The van der Waals surface area contributed by atoms with Gasteiger partial charge in [-0.2, -0.15) is 13.2 Å². The Labute approximate surface area is 196 Å². The van der Waals surface area contributed by atoms with Gasteiger partial charge in [0.15, 0.2) is 0 Å². The molecule has 1 N–H and O–H groups in total. The average molecular weight is 478 g/mol. The number of rotatable bonds is 8. The molecule has 3 aromatic rings. The van der Waals surface area contributed by atoms with Gasteiger partial charge in [-0.3, -0.25) is 4.79 Å². The Morgan fingerprint density at radius 3 is 2.41 bits per heavy atom. The molecule has 0 unspecified atom stereocenters. The highest BCUT2D eigenvalue weighted by molar-refractivity contribution is 5.75. The van der Waals surface area contributed by atoms with Gasteiger partial charge in [-0.15, -0.1) is 15.0 Å². The summed E-state index contributed by atoms with van der Waals surface area (Å²) in [6, 6.07) is 6.61. The first-order chi connectivity index (χ1) is 15.9. The third-order valence-corrected chi connectivity index (χ3v) is 5.51. The molecule has 34 heavy (non-hydrogen) atoms. The highest BCUT2D eigenvalue weighted by Crippen LogP contribution is 2.37. The number of unbranched alkanes of at least 4 members (excludes halogenated alkanes) is 2. The molecule has 1 aromatic heterocycles. The first-order valence-electron chi connectivity index (χ1n) is 11.4. The number of hydrogen-bond donors (Lipinski definition) is 1. The molecule has 0 saturated heterocycles. The summed E-state index contributed by atoms with van der Waals surface area (Å²) in [7, 11) is 0. The Balaban J connectivity index is 1.93. The SMILES string of the molecule is CCCCCOC(=O)CCc1cc(-n2nc3ccc(C(F)(F)F)cc3n2)c(O)c(C(C)(C)C)c1. The molecular formula is C25H30F3N3O3. The van der Waals surface area contributed by atoms with Crippen molar-refractivity contribution in [2.24, 2.45) is 0 Å². The number of phenols is 1. The lowest BCUT2D eigenvalue weighted by molar-refractivity contribution is -0.143. The molecule has 0 aliphatic carbocycles. The minimum absolute atomic E-state index is 0.0604. The largest absolute Gasteiger partial charge is 0.505 e. The lowest BCUT2D eigenvalue weighted by Crippen LogP contribution is -2.14. The molecule has 0 radical (unpaired) electrons. The van der Waals surface area contributed by atoms with Crippen LogP contribution < -0.4 is 0 Å². The van der Waals surface area contributed by atoms with Crippen molar-refractivity contribution < 1.29 is 27.8 Å². The Hall–Kier alpha value is -3.10. The summed E-state index contributed by atoms with van der Waals surface area (Å²) < 4.78 is 44.5. The van der Waals surface area contributed by atoms with Gasteiger partial charge in [0.2, 0.25) is 0 Å². The fourth-order valence-corrected chi connectivity index (χ4v) is 3.60. The lowest BCUT2D eigenvalue weighted by Gasteiger charge is -2.23. The molecular weight excluding hydrogens is 447 g/mol. The number of esters is 1. The molecule has 0 aliphatic heterocycles. The van der Waals surface area contributed by atoms with Crippen LogP contribution in [0.1, 0.15) is 70.1 Å². The Morgan fingerprint density at radius 2 is 1.76 bits per heavy atom. The fraction of sp³-hybridized carbons (Fsp3) is 0.480. The molecule has 0 saturated carbocycles. The second kappa shape index (κ2) is 10.0. The zero-order valence-corrected chi connectivity index (χ0v) is 19.9. The number of carbonyl (C=O) groups excluding carboxylic acids is 1. The molecule has 9 heteroatoms. The zero-order chi connectivity index (χ0) is 25.1. The first-order valence-corrected chi connectivity index (χ1v) is 11.4. The van der Waals surface area contributed by atoms with E-state index in [0.29, 0.717) is 18.6 Å². The van der Waals surface area contributed by atoms with E-state index in [9.17, 15) is 23.1 Å². The molecule has 3 rings (SSSR count). The number of fused-ring (bicyclic) bond motifs is 1. The van der Waals surface area contributed by atoms with Crippen molar-refractivity contribution in [2.45, 2.75) is 71.4 Å². The van der Waals surface area contributed by atoms with Crippen molar-refractivity contribution in [3.05, 3.63) is 47.0 Å². The van der Waals surface area contributed by atoms with Crippen molar-refractivity contribution in [3.63, 3.8) is 0 Å². The van der Waals surface area contributed by atoms with E-state index in [2.05, 4.69) is 17.1 Å². The number of carbonyl (C=O) groups is 1. The standard InChI is InChI=1S/C25H30F3N3O3/c1-5-6-7-12-34-22(32)11-8-16-13-18(24(2,3)4)23(33)21(14-16)31-29-19-10-9-17(25(26,27)28)15-20(19)30-31/h9-10,13-15,33H,5-8,11-12H2,1-4H3. The van der Waals surface area contributed by atoms with Crippen molar-refractivity contribution >= 4 is 17.0 Å². The quantitative estimate of drug-likeness (QED) is 0.313. The normalized spacial score (nSPS) is 12.3. The minimum atomic E-state index is -4.50. The fourth-order valence-electron chi connectivity index (χ4n) is 3.60. The highest BCUT2D eigenvalue weighted by atomic mass is 19.4. The average Bonchev–Trinajstić information content (AvgIpc) is 3.17. The van der Waals surface area contributed by atoms with Crippen molar-refractivity contribution in [2.75, 3.05) is 6.61 Å². The van der Waals surface area contributed by atoms with E-state index < -0.39 is 17.2 Å². The number of aromatic hydroxyl groups is 1. The number of nitrogens with zero attached hydrogens (tertiary/aromatic N) is 3. The number of halogens is 3. The Bertz CT molecular complexity index is 1160. The second-order valence-electron chi connectivity index (χ2n) is 9.38. The van der Waals surface area contributed by atoms with E-state index in [1.807, 2.05) is 26.8 Å². The molecule has 0 spiro atoms. The van der Waals surface area contributed by atoms with E-state index in [-0.39, 0.29) is 34.9 Å². The lowest BCUT2D eigenvalue weighted by atomic mass is 9.84. The summed E-state index contributed by atoms with van der Waals surface area (Å²) in [6.07, 6.45) is -1.08. The van der Waals surface area contributed by atoms with Gasteiger partial charge in [-0.05, 0) is 48.1 Å². The van der Waals surface area contributed by atoms with E-state index in [4.69, 9.17) is 4.74 Å². The van der Waals surface area contributed by atoms with Gasteiger partial charge in [0.25, 0.3) is 0 Å². The van der Waals surface area contributed by atoms with E-state index in [0.717, 1.165) is 41.8 Å². The van der Waals surface area contributed by atoms with Crippen LogP contribution in [0.15, 0.2) is 30.3 Å². The molecule has 2 aromatic carbocycles. The maximum atomic E-state index is 13.1. The molecule has 6 nitrogen and oxygen atoms in total. The summed E-state index contributed by atoms with van der Waals surface area (Å²) in [5.74, 6) is -0.361. The predicted molar refractivity (Wildman–Crippen MR) is 123 cm³/mol. The third-order valence-electron chi connectivity index (χ3n) is 5.51. The molecule has 1 heterocycles. The van der Waals surface area contributed by atoms with Gasteiger partial charge in [-0.1, -0.05) is 46.6 Å². The van der Waals surface area contributed by atoms with Crippen LogP contribution >= 0.6 is 0 Å². The van der Waals surface area contributed by atoms with E-state index in [1.165, 1.54) is 6.07 Å². The predicted octanol–water partition coefficient (Wildman–Crippen LogP) is 6.11. The van der Waals surface area contributed by atoms with Crippen LogP contribution in [0.2, 0.25) is 0 Å². The van der Waals surface area contributed by atoms with Gasteiger partial charge in [0, 0.05) is 12.0 Å². The highest BCUT2D eigenvalue weighted by Gasteiger charge is 2.31. The molecule has 0 atom stereocenters. The molecule has 0 amide bonds. The summed E-state index contributed by atoms with van der Waals surface area (Å²) in [5.41, 5.74) is 0.694. The minimum Gasteiger partial charge on any atom is -0.505 e. The smallest absolute Gasteiger partial charge is 0.416 e. The summed E-state index contributed by atoms with van der Waals surface area (Å²) in [6.45, 7) is 8.26. The van der Waals surface area contributed by atoms with Gasteiger partial charge in [0.05, 0.1) is 12.2 Å². The van der Waals surface area contributed by atoms with Crippen LogP contribution in [-0.2, 0) is 27.5 Å². The maximum Gasteiger partial charge on any atom is 0.416 e. The molecule has 0 bridgehead atoms. The van der Waals surface area contributed by atoms with Crippen LogP contribution in [0.4, 0.5) is 13.2 Å². The number of aromatic nitrogens is 3. The number of hydrogen-bond acceptors (Lipinski definition) is 5. The van der Waals surface area contributed by atoms with Crippen LogP contribution in [0, 0.1) is 0 Å². The van der Waals surface area contributed by atoms with Crippen LogP contribution in [0.3, 0.4) is 0 Å². The number of ether oxygens (including phenoxy) is 1. The van der Waals surface area contributed by atoms with Gasteiger partial charge in [-0.25, -0.2) is 0 Å². The van der Waals surface area contributed by atoms with Crippen LogP contribution in [0.5, 0.6) is 5.75 Å². The van der Waals surface area contributed by atoms with Crippen molar-refractivity contribution in [1.82, 2.24) is 15.0 Å². The van der Waals surface area contributed by atoms with E-state index >= 15 is 0 Å². The molecule has 184 valence electrons. The molecule has 0 aliphatic rings. The van der Waals surface area contributed by atoms with Crippen LogP contribution in [-0.4, -0.2) is 32.7 Å². The first kappa shape index (κ1) is 25.5. The Morgan fingerprint density at radius 1 is 1.06 bits per heavy atom. The molecule has 0 fully saturated rings. The number of benzene rings is 2. The summed E-state index contributed by atoms with van der Waals surface area (Å²) in [4.78, 5) is 13.3. The van der Waals surface area contributed by atoms with E-state index in [1.54, 1.807) is 6.07 Å². The summed E-state index contributed by atoms with van der Waals surface area (Å²) in [5, 5.41) is 19.4. The third kappa shape index (κ3) is 6.07. The van der Waals surface area contributed by atoms with Gasteiger partial charge < -0.3 is 9.84 Å². The van der Waals surface area contributed by atoms with Gasteiger partial charge >= 0.3 is 12.1 Å². The Kier molecular flexibility index (Phi) is 7.53. The second-order valence-corrected chi connectivity index (χ2v) is 9.38. The summed E-state index contributed by atoms with van der Waals surface area (Å²) >= 11 is 0. The number of phenolic OH excluding ortho intramolecular Hbond substituents is 1. The monoisotopic (exact) mass is 477 g/mol. The van der Waals surface area contributed by atoms with Crippen LogP contribution in [0.25, 0.3) is 16.7 Å². The zero-order valence-electron chi connectivity index (χ0n) is 19.9.